The van der Waals surface area contributed by atoms with Gasteiger partial charge in [-0.1, -0.05) is 13.8 Å². The van der Waals surface area contributed by atoms with Gasteiger partial charge in [0.25, 0.3) is 0 Å². The summed E-state index contributed by atoms with van der Waals surface area (Å²) in [5, 5.41) is 3.38. The lowest BCUT2D eigenvalue weighted by molar-refractivity contribution is -0.163. The van der Waals surface area contributed by atoms with E-state index in [9.17, 15) is 0 Å². The van der Waals surface area contributed by atoms with Gasteiger partial charge in [0.05, 0.1) is 25.9 Å². The van der Waals surface area contributed by atoms with Crippen molar-refractivity contribution in [1.29, 1.82) is 0 Å². The molecule has 2 saturated heterocycles. The molecule has 0 spiro atoms. The lowest BCUT2D eigenvalue weighted by Crippen LogP contribution is -2.51. The van der Waals surface area contributed by atoms with Crippen molar-refractivity contribution in [1.82, 2.24) is 5.32 Å². The Labute approximate surface area is 86.2 Å². The zero-order valence-corrected chi connectivity index (χ0v) is 9.21. The zero-order valence-electron chi connectivity index (χ0n) is 9.21. The first-order valence-electron chi connectivity index (χ1n) is 5.63. The third-order valence-electron chi connectivity index (χ3n) is 3.64. The molecule has 0 aromatic rings. The molecule has 14 heavy (non-hydrogen) atoms. The van der Waals surface area contributed by atoms with Crippen LogP contribution in [0.3, 0.4) is 0 Å². The lowest BCUT2D eigenvalue weighted by Gasteiger charge is -2.47. The fourth-order valence-electron chi connectivity index (χ4n) is 2.26. The molecule has 0 aliphatic carbocycles. The Morgan fingerprint density at radius 2 is 2.21 bits per heavy atom. The quantitative estimate of drug-likeness (QED) is 0.736. The lowest BCUT2D eigenvalue weighted by atomic mass is 9.71. The van der Waals surface area contributed by atoms with Crippen LogP contribution in [0.5, 0.6) is 0 Å². The van der Waals surface area contributed by atoms with Gasteiger partial charge in [0.1, 0.15) is 0 Å². The molecule has 2 aliphatic rings. The second-order valence-electron chi connectivity index (χ2n) is 4.91. The van der Waals surface area contributed by atoms with E-state index >= 15 is 0 Å². The summed E-state index contributed by atoms with van der Waals surface area (Å²) < 4.78 is 11.1. The molecule has 0 amide bonds. The minimum Gasteiger partial charge on any atom is -0.380 e. The first kappa shape index (κ1) is 10.4. The number of ether oxygens (including phenoxy) is 2. The minimum absolute atomic E-state index is 0.393. The second-order valence-corrected chi connectivity index (χ2v) is 4.91. The number of hydrogen-bond donors (Lipinski definition) is 1. The van der Waals surface area contributed by atoms with Crippen LogP contribution in [-0.4, -0.2) is 39.0 Å². The normalized spacial score (nSPS) is 31.5. The summed E-state index contributed by atoms with van der Waals surface area (Å²) in [5.74, 6) is 0.696. The molecule has 1 N–H and O–H groups in total. The summed E-state index contributed by atoms with van der Waals surface area (Å²) in [6, 6.07) is 0. The van der Waals surface area contributed by atoms with Crippen molar-refractivity contribution >= 4 is 0 Å². The highest BCUT2D eigenvalue weighted by molar-refractivity contribution is 4.91. The maximum absolute atomic E-state index is 5.74. The van der Waals surface area contributed by atoms with Gasteiger partial charge >= 0.3 is 0 Å². The topological polar surface area (TPSA) is 30.5 Å². The maximum atomic E-state index is 5.74. The molecule has 2 fully saturated rings. The third-order valence-corrected chi connectivity index (χ3v) is 3.64. The molecule has 2 heterocycles. The molecule has 2 rings (SSSR count). The standard InChI is InChI=1S/C11H21NO2/c1-9(2)11(7-13-8-11)5-10-6-12-3-4-14-10/h9-10,12H,3-8H2,1-2H3. The molecule has 0 saturated carbocycles. The van der Waals surface area contributed by atoms with Crippen LogP contribution in [-0.2, 0) is 9.47 Å². The van der Waals surface area contributed by atoms with Gasteiger partial charge in [-0.15, -0.1) is 0 Å². The first-order valence-corrected chi connectivity index (χ1v) is 5.63. The highest BCUT2D eigenvalue weighted by Gasteiger charge is 2.43. The number of nitrogens with one attached hydrogen (secondary N) is 1. The van der Waals surface area contributed by atoms with Gasteiger partial charge < -0.3 is 14.8 Å². The van der Waals surface area contributed by atoms with E-state index in [1.54, 1.807) is 0 Å². The van der Waals surface area contributed by atoms with Gasteiger partial charge in [-0.2, -0.15) is 0 Å². The van der Waals surface area contributed by atoms with Gasteiger partial charge in [0.2, 0.25) is 0 Å². The smallest absolute Gasteiger partial charge is 0.0707 e. The van der Waals surface area contributed by atoms with E-state index in [2.05, 4.69) is 19.2 Å². The Morgan fingerprint density at radius 3 is 2.64 bits per heavy atom. The molecule has 1 atom stereocenters. The van der Waals surface area contributed by atoms with Crippen LogP contribution in [0, 0.1) is 11.3 Å². The molecule has 0 aromatic carbocycles. The average molecular weight is 199 g/mol. The Morgan fingerprint density at radius 1 is 1.43 bits per heavy atom. The summed E-state index contributed by atoms with van der Waals surface area (Å²) in [6.45, 7) is 9.29. The predicted molar refractivity (Wildman–Crippen MR) is 55.3 cm³/mol. The Kier molecular flexibility index (Phi) is 3.10. The van der Waals surface area contributed by atoms with Crippen molar-refractivity contribution in [2.24, 2.45) is 11.3 Å². The van der Waals surface area contributed by atoms with Crippen molar-refractivity contribution in [2.75, 3.05) is 32.9 Å². The highest BCUT2D eigenvalue weighted by atomic mass is 16.5. The molecule has 2 aliphatic heterocycles. The Hall–Kier alpha value is -0.120. The maximum Gasteiger partial charge on any atom is 0.0707 e. The van der Waals surface area contributed by atoms with Crippen molar-refractivity contribution in [3.63, 3.8) is 0 Å². The SMILES string of the molecule is CC(C)C1(CC2CNCCO2)COC1. The van der Waals surface area contributed by atoms with Gasteiger partial charge in [-0.25, -0.2) is 0 Å². The molecular weight excluding hydrogens is 178 g/mol. The number of hydrogen-bond acceptors (Lipinski definition) is 3. The van der Waals surface area contributed by atoms with Crippen molar-refractivity contribution in [3.8, 4) is 0 Å². The summed E-state index contributed by atoms with van der Waals surface area (Å²) in [4.78, 5) is 0. The summed E-state index contributed by atoms with van der Waals surface area (Å²) in [6.07, 6.45) is 1.55. The van der Waals surface area contributed by atoms with Crippen LogP contribution in [0.25, 0.3) is 0 Å². The van der Waals surface area contributed by atoms with Crippen molar-refractivity contribution in [2.45, 2.75) is 26.4 Å². The van der Waals surface area contributed by atoms with Crippen molar-refractivity contribution < 1.29 is 9.47 Å². The molecule has 3 heteroatoms. The van der Waals surface area contributed by atoms with E-state index < -0.39 is 0 Å². The highest BCUT2D eigenvalue weighted by Crippen LogP contribution is 2.40. The van der Waals surface area contributed by atoms with Gasteiger partial charge in [0, 0.05) is 18.5 Å². The zero-order chi connectivity index (χ0) is 10.0. The van der Waals surface area contributed by atoms with E-state index in [4.69, 9.17) is 9.47 Å². The molecule has 0 bridgehead atoms. The summed E-state index contributed by atoms with van der Waals surface area (Å²) >= 11 is 0. The van der Waals surface area contributed by atoms with E-state index in [-0.39, 0.29) is 0 Å². The number of morpholine rings is 1. The third kappa shape index (κ3) is 1.95. The van der Waals surface area contributed by atoms with Gasteiger partial charge in [-0.3, -0.25) is 0 Å². The molecule has 0 aromatic heterocycles. The van der Waals surface area contributed by atoms with E-state index in [1.807, 2.05) is 0 Å². The summed E-state index contributed by atoms with van der Waals surface area (Å²) in [5.41, 5.74) is 0.393. The van der Waals surface area contributed by atoms with Crippen LogP contribution in [0.15, 0.2) is 0 Å². The Balaban J connectivity index is 1.87. The van der Waals surface area contributed by atoms with Crippen LogP contribution in [0.4, 0.5) is 0 Å². The fourth-order valence-corrected chi connectivity index (χ4v) is 2.26. The van der Waals surface area contributed by atoms with E-state index in [0.717, 1.165) is 39.3 Å². The van der Waals surface area contributed by atoms with Crippen LogP contribution in [0.2, 0.25) is 0 Å². The van der Waals surface area contributed by atoms with Crippen molar-refractivity contribution in [3.05, 3.63) is 0 Å². The van der Waals surface area contributed by atoms with Crippen LogP contribution >= 0.6 is 0 Å². The minimum atomic E-state index is 0.393. The first-order chi connectivity index (χ1) is 6.73. The van der Waals surface area contributed by atoms with Crippen LogP contribution < -0.4 is 5.32 Å². The molecule has 0 radical (unpaired) electrons. The average Bonchev–Trinajstić information content (AvgIpc) is 2.12. The molecule has 1 unspecified atom stereocenters. The van der Waals surface area contributed by atoms with Crippen LogP contribution in [0.1, 0.15) is 20.3 Å². The van der Waals surface area contributed by atoms with Gasteiger partial charge in [0.15, 0.2) is 0 Å². The Bertz CT molecular complexity index is 184. The largest absolute Gasteiger partial charge is 0.380 e. The van der Waals surface area contributed by atoms with E-state index in [0.29, 0.717) is 17.4 Å². The van der Waals surface area contributed by atoms with Gasteiger partial charge in [-0.05, 0) is 12.3 Å². The monoisotopic (exact) mass is 199 g/mol. The molecule has 82 valence electrons. The predicted octanol–water partition coefficient (Wildman–Crippen LogP) is 1.04. The number of rotatable bonds is 3. The fraction of sp³-hybridized carbons (Fsp3) is 1.00. The molecule has 3 nitrogen and oxygen atoms in total. The summed E-state index contributed by atoms with van der Waals surface area (Å²) in [7, 11) is 0. The second kappa shape index (κ2) is 4.17. The van der Waals surface area contributed by atoms with E-state index in [1.165, 1.54) is 0 Å². The molecular formula is C11H21NO2.